The van der Waals surface area contributed by atoms with E-state index < -0.39 is 6.10 Å². The first-order chi connectivity index (χ1) is 5.83. The van der Waals surface area contributed by atoms with E-state index >= 15 is 0 Å². The molecule has 12 heavy (non-hydrogen) atoms. The van der Waals surface area contributed by atoms with Crippen LogP contribution in [0.25, 0.3) is 0 Å². The van der Waals surface area contributed by atoms with Crippen molar-refractivity contribution in [1.29, 1.82) is 0 Å². The van der Waals surface area contributed by atoms with Gasteiger partial charge >= 0.3 is 0 Å². The largest absolute Gasteiger partial charge is 0.394 e. The highest BCUT2D eigenvalue weighted by atomic mass is 16.5. The molecule has 0 aliphatic rings. The monoisotopic (exact) mass is 172 g/mol. The van der Waals surface area contributed by atoms with Gasteiger partial charge in [-0.1, -0.05) is 5.16 Å². The van der Waals surface area contributed by atoms with E-state index in [1.165, 1.54) is 6.26 Å². The summed E-state index contributed by atoms with van der Waals surface area (Å²) in [6.07, 6.45) is 0.774. The highest BCUT2D eigenvalue weighted by molar-refractivity contribution is 4.94. The Hall–Kier alpha value is -0.910. The van der Waals surface area contributed by atoms with Crippen LogP contribution >= 0.6 is 0 Å². The summed E-state index contributed by atoms with van der Waals surface area (Å²) < 4.78 is 4.60. The summed E-state index contributed by atoms with van der Waals surface area (Å²) in [6.45, 7) is 0.655. The first-order valence-corrected chi connectivity index (χ1v) is 3.72. The van der Waals surface area contributed by atoms with Crippen LogP contribution in [0.1, 0.15) is 5.69 Å². The number of nitrogens with one attached hydrogen (secondary N) is 1. The van der Waals surface area contributed by atoms with Crippen LogP contribution in [0.5, 0.6) is 0 Å². The molecule has 3 N–H and O–H groups in total. The quantitative estimate of drug-likeness (QED) is 0.537. The highest BCUT2D eigenvalue weighted by Gasteiger charge is 2.01. The van der Waals surface area contributed by atoms with Gasteiger partial charge in [0.15, 0.2) is 0 Å². The van der Waals surface area contributed by atoms with Crippen molar-refractivity contribution in [3.63, 3.8) is 0 Å². The number of aliphatic hydroxyl groups is 2. The molecule has 1 heterocycles. The second-order valence-corrected chi connectivity index (χ2v) is 2.46. The molecule has 0 saturated heterocycles. The maximum atomic E-state index is 8.93. The summed E-state index contributed by atoms with van der Waals surface area (Å²) in [4.78, 5) is 0. The van der Waals surface area contributed by atoms with Crippen molar-refractivity contribution in [1.82, 2.24) is 10.5 Å². The number of aliphatic hydroxyl groups excluding tert-OH is 2. The second kappa shape index (κ2) is 4.87. The van der Waals surface area contributed by atoms with Crippen molar-refractivity contribution in [2.75, 3.05) is 13.2 Å². The lowest BCUT2D eigenvalue weighted by Crippen LogP contribution is -2.28. The minimum Gasteiger partial charge on any atom is -0.394 e. The van der Waals surface area contributed by atoms with Crippen LogP contribution in [0.15, 0.2) is 16.9 Å². The maximum Gasteiger partial charge on any atom is 0.124 e. The summed E-state index contributed by atoms with van der Waals surface area (Å²) in [7, 11) is 0. The predicted octanol–water partition coefficient (Wildman–Crippen LogP) is -0.883. The van der Waals surface area contributed by atoms with Crippen LogP contribution in [0.2, 0.25) is 0 Å². The van der Waals surface area contributed by atoms with Gasteiger partial charge in [-0.2, -0.15) is 0 Å². The fraction of sp³-hybridized carbons (Fsp3) is 0.571. The van der Waals surface area contributed by atoms with E-state index in [0.717, 1.165) is 5.69 Å². The zero-order valence-electron chi connectivity index (χ0n) is 6.60. The Kier molecular flexibility index (Phi) is 3.72. The van der Waals surface area contributed by atoms with E-state index in [9.17, 15) is 0 Å². The van der Waals surface area contributed by atoms with Gasteiger partial charge in [0.05, 0.1) is 18.4 Å². The number of aromatic nitrogens is 1. The van der Waals surface area contributed by atoms with Gasteiger partial charge in [-0.15, -0.1) is 0 Å². The molecule has 0 radical (unpaired) electrons. The van der Waals surface area contributed by atoms with Crippen LogP contribution < -0.4 is 5.32 Å². The molecule has 1 unspecified atom stereocenters. The summed E-state index contributed by atoms with van der Waals surface area (Å²) in [6, 6.07) is 1.73. The number of nitrogens with zero attached hydrogens (tertiary/aromatic N) is 1. The summed E-state index contributed by atoms with van der Waals surface area (Å²) in [5.74, 6) is 0. The predicted molar refractivity (Wildman–Crippen MR) is 41.3 cm³/mol. The molecule has 0 aliphatic heterocycles. The smallest absolute Gasteiger partial charge is 0.124 e. The third kappa shape index (κ3) is 3.00. The molecule has 0 amide bonds. The van der Waals surface area contributed by atoms with E-state index in [2.05, 4.69) is 15.0 Å². The van der Waals surface area contributed by atoms with Gasteiger partial charge < -0.3 is 20.1 Å². The van der Waals surface area contributed by atoms with Gasteiger partial charge in [0, 0.05) is 19.2 Å². The lowest BCUT2D eigenvalue weighted by atomic mass is 10.3. The molecule has 1 aromatic rings. The molecule has 0 aliphatic carbocycles. The van der Waals surface area contributed by atoms with Crippen LogP contribution in [0.4, 0.5) is 0 Å². The van der Waals surface area contributed by atoms with Gasteiger partial charge in [0.1, 0.15) is 6.26 Å². The van der Waals surface area contributed by atoms with E-state index in [1.54, 1.807) is 6.07 Å². The average Bonchev–Trinajstić information content (AvgIpc) is 2.57. The third-order valence-corrected chi connectivity index (χ3v) is 1.39. The number of rotatable bonds is 5. The molecule has 0 aromatic carbocycles. The van der Waals surface area contributed by atoms with Crippen LogP contribution in [0, 0.1) is 0 Å². The molecule has 0 saturated carbocycles. The van der Waals surface area contributed by atoms with Crippen molar-refractivity contribution < 1.29 is 14.7 Å². The first-order valence-electron chi connectivity index (χ1n) is 3.72. The maximum absolute atomic E-state index is 8.93. The van der Waals surface area contributed by atoms with Crippen LogP contribution in [-0.4, -0.2) is 34.6 Å². The molecule has 5 nitrogen and oxygen atoms in total. The molecule has 5 heteroatoms. The molecule has 1 atom stereocenters. The van der Waals surface area contributed by atoms with Gasteiger partial charge in [0.25, 0.3) is 0 Å². The fourth-order valence-corrected chi connectivity index (χ4v) is 0.760. The van der Waals surface area contributed by atoms with Gasteiger partial charge in [-0.25, -0.2) is 0 Å². The van der Waals surface area contributed by atoms with Crippen LogP contribution in [-0.2, 0) is 6.54 Å². The van der Waals surface area contributed by atoms with Crippen molar-refractivity contribution >= 4 is 0 Å². The Morgan fingerprint density at radius 3 is 3.08 bits per heavy atom. The summed E-state index contributed by atoms with van der Waals surface area (Å²) in [5, 5.41) is 24.0. The molecule has 68 valence electrons. The fourth-order valence-electron chi connectivity index (χ4n) is 0.760. The minimum atomic E-state index is -0.711. The first kappa shape index (κ1) is 9.18. The van der Waals surface area contributed by atoms with E-state index in [0.29, 0.717) is 13.1 Å². The third-order valence-electron chi connectivity index (χ3n) is 1.39. The van der Waals surface area contributed by atoms with E-state index in [-0.39, 0.29) is 6.61 Å². The standard InChI is InChI=1S/C7H12N2O3/c10-5-7(11)4-8-3-6-1-2-12-9-6/h1-2,7-8,10-11H,3-5H2. The summed E-state index contributed by atoms with van der Waals surface area (Å²) in [5.41, 5.74) is 0.778. The number of hydrogen-bond acceptors (Lipinski definition) is 5. The van der Waals surface area contributed by atoms with E-state index in [4.69, 9.17) is 10.2 Å². The van der Waals surface area contributed by atoms with Crippen molar-refractivity contribution in [3.8, 4) is 0 Å². The Morgan fingerprint density at radius 1 is 1.67 bits per heavy atom. The lowest BCUT2D eigenvalue weighted by molar-refractivity contribution is 0.0941. The van der Waals surface area contributed by atoms with Crippen molar-refractivity contribution in [3.05, 3.63) is 18.0 Å². The van der Waals surface area contributed by atoms with Crippen molar-refractivity contribution in [2.24, 2.45) is 0 Å². The minimum absolute atomic E-state index is 0.230. The molecular weight excluding hydrogens is 160 g/mol. The topological polar surface area (TPSA) is 78.5 Å². The Labute approximate surface area is 70.0 Å². The molecule has 0 bridgehead atoms. The normalized spacial score (nSPS) is 13.2. The van der Waals surface area contributed by atoms with Gasteiger partial charge in [-0.05, 0) is 0 Å². The lowest BCUT2D eigenvalue weighted by Gasteiger charge is -2.06. The zero-order valence-corrected chi connectivity index (χ0v) is 6.60. The molecular formula is C7H12N2O3. The molecule has 1 aromatic heterocycles. The summed E-state index contributed by atoms with van der Waals surface area (Å²) >= 11 is 0. The Balaban J connectivity index is 2.11. The van der Waals surface area contributed by atoms with E-state index in [1.807, 2.05) is 0 Å². The SMILES string of the molecule is OCC(O)CNCc1ccon1. The average molecular weight is 172 g/mol. The Bertz CT molecular complexity index is 200. The van der Waals surface area contributed by atoms with Crippen molar-refractivity contribution in [2.45, 2.75) is 12.6 Å². The Morgan fingerprint density at radius 2 is 2.50 bits per heavy atom. The van der Waals surface area contributed by atoms with Gasteiger partial charge in [-0.3, -0.25) is 0 Å². The zero-order chi connectivity index (χ0) is 8.81. The second-order valence-electron chi connectivity index (χ2n) is 2.46. The highest BCUT2D eigenvalue weighted by Crippen LogP contribution is 1.92. The van der Waals surface area contributed by atoms with Gasteiger partial charge in [0.2, 0.25) is 0 Å². The molecule has 0 fully saturated rings. The number of hydrogen-bond donors (Lipinski definition) is 3. The molecule has 1 rings (SSSR count). The van der Waals surface area contributed by atoms with Crippen LogP contribution in [0.3, 0.4) is 0 Å². The molecule has 0 spiro atoms.